The van der Waals surface area contributed by atoms with Crippen molar-refractivity contribution in [3.8, 4) is 67.7 Å². The molecule has 3 radical (unpaired) electrons. The molecule has 0 saturated heterocycles. The molecule has 6 aromatic heterocycles. The van der Waals surface area contributed by atoms with E-state index in [0.29, 0.717) is 23.7 Å². The summed E-state index contributed by atoms with van der Waals surface area (Å²) < 4.78 is 18.8. The second-order valence-corrected chi connectivity index (χ2v) is 37.6. The number of pyridine rings is 3. The zero-order chi connectivity index (χ0) is 96.1. The molecule has 0 aliphatic heterocycles. The zero-order valence-corrected chi connectivity index (χ0v) is 92.2. The Morgan fingerprint density at radius 1 is 0.346 bits per heavy atom. The Labute approximate surface area is 838 Å². The van der Waals surface area contributed by atoms with Crippen molar-refractivity contribution in [1.82, 2.24) is 15.0 Å². The Morgan fingerprint density at radius 3 is 0.887 bits per heavy atom. The molecule has 12 aromatic rings. The van der Waals surface area contributed by atoms with E-state index < -0.39 is 0 Å². The van der Waals surface area contributed by atoms with Gasteiger partial charge in [-0.15, -0.1) is 105 Å². The standard InChI is InChI=1S/2C27H28NO.C25H24NO.3C13H24O2.3Ir/c1-16(2)20-10-21(17(3)4)12-23(11-20)26-13-24-15-28-25(14-27(24)29-26)22-8-18(5)7-19(6)9-22;1-16(2)22-8-7-9-23(17(3)4)27(22)26-13-21-15-28-24(14-25(21)29-26)20-11-18(5)10-19(6)12-20;1-16-10-17(2)12-19(11-16)22-14-24-20(15-26-22)13-23(27-24)18-6-8-21(9-7-18)25(3,4)5;3*1-5-10(6-2)12(14)9-13(15)11(7-3)8-4;;;/h7-8,10-17H,1-6H3;7-11,13-17H,1-6H3;6-11,13-15H,1-5H3;3*9-11,14H,5-8H2,1-4H3;;;/q3*-1;;;;;;. The SMILES string of the molecule is CCC(CC)C(=O)C=C(O)C(CC)CC.CCC(CC)C(=O)C=C(O)C(CC)CC.CCC(CC)C(=O)C=C(O)C(CC)CC.Cc1[c-]c(-c2cc3oc(-c4c(C(C)C)cccc4C(C)C)cc3cn2)cc(C)c1.Cc1[c-]c(-c2cc3oc(-c4cc(C(C)C)cc(C(C)C)c4)cc3cn2)cc(C)c1.Cc1[c-]c(-c2cc3oc(-c4ccc(C(C)(C)C)cc4)cc3cn2)cc(C)c1.[Ir].[Ir].[Ir]. The molecule has 0 fully saturated rings. The molecule has 0 unspecified atom stereocenters. The minimum atomic E-state index is 0. The van der Waals surface area contributed by atoms with Gasteiger partial charge in [0.25, 0.3) is 0 Å². The molecule has 723 valence electrons. The fourth-order valence-corrected chi connectivity index (χ4v) is 16.5. The van der Waals surface area contributed by atoms with Gasteiger partial charge in [-0.1, -0.05) is 249 Å². The number of ketones is 3. The summed E-state index contributed by atoms with van der Waals surface area (Å²) >= 11 is 0. The van der Waals surface area contributed by atoms with Gasteiger partial charge in [0.15, 0.2) is 17.3 Å². The number of aryl methyl sites for hydroxylation is 6. The number of hydrogen-bond acceptors (Lipinski definition) is 12. The maximum atomic E-state index is 11.7. The topological polar surface area (TPSA) is 190 Å². The summed E-state index contributed by atoms with van der Waals surface area (Å²) in [5, 5.41) is 32.3. The predicted molar refractivity (Wildman–Crippen MR) is 546 cm³/mol. The normalized spacial score (nSPS) is 11.8. The molecule has 15 heteroatoms. The molecule has 12 rings (SSSR count). The van der Waals surface area contributed by atoms with Crippen molar-refractivity contribution in [1.29, 1.82) is 0 Å². The number of aliphatic hydroxyl groups excluding tert-OH is 3. The molecule has 3 N–H and O–H groups in total. The van der Waals surface area contributed by atoms with Crippen LogP contribution in [-0.4, -0.2) is 47.6 Å². The van der Waals surface area contributed by atoms with E-state index in [9.17, 15) is 29.7 Å². The van der Waals surface area contributed by atoms with Gasteiger partial charge in [-0.05, 0) is 200 Å². The first-order chi connectivity index (χ1) is 61.7. The zero-order valence-electron chi connectivity index (χ0n) is 85.1. The van der Waals surface area contributed by atoms with Crippen molar-refractivity contribution in [3.63, 3.8) is 0 Å². The molecule has 12 nitrogen and oxygen atoms in total. The molecule has 6 aromatic carbocycles. The van der Waals surface area contributed by atoms with Crippen LogP contribution < -0.4 is 0 Å². The third-order valence-corrected chi connectivity index (χ3v) is 25.0. The summed E-state index contributed by atoms with van der Waals surface area (Å²) in [5.74, 6) is 6.14. The van der Waals surface area contributed by atoms with Crippen LogP contribution in [-0.2, 0) is 80.1 Å². The van der Waals surface area contributed by atoms with E-state index in [-0.39, 0.29) is 136 Å². The number of carbonyl (C=O) groups is 3. The minimum Gasteiger partial charge on any atom is -0.512 e. The van der Waals surface area contributed by atoms with Crippen LogP contribution in [0.15, 0.2) is 201 Å². The molecule has 133 heavy (non-hydrogen) atoms. The summed E-state index contributed by atoms with van der Waals surface area (Å²) in [6, 6.07) is 57.3. The predicted octanol–water partition coefficient (Wildman–Crippen LogP) is 34.1. The first-order valence-electron chi connectivity index (χ1n) is 48.2. The number of rotatable bonds is 31. The summed E-state index contributed by atoms with van der Waals surface area (Å²) in [7, 11) is 0. The Balaban J connectivity index is 0.000000341. The van der Waals surface area contributed by atoms with E-state index in [2.05, 4.69) is 261 Å². The van der Waals surface area contributed by atoms with E-state index in [1.165, 1.54) is 68.3 Å². The quantitative estimate of drug-likeness (QED) is 0.0212. The van der Waals surface area contributed by atoms with Crippen molar-refractivity contribution in [2.24, 2.45) is 35.5 Å². The van der Waals surface area contributed by atoms with Crippen molar-refractivity contribution in [2.75, 3.05) is 0 Å². The summed E-state index contributed by atoms with van der Waals surface area (Å²) in [6.07, 6.45) is 20.4. The molecule has 0 aliphatic rings. The molecule has 0 aliphatic carbocycles. The Morgan fingerprint density at radius 2 is 0.624 bits per heavy atom. The third kappa shape index (κ3) is 33.4. The smallest absolute Gasteiger partial charge is 0.162 e. The number of aromatic nitrogens is 3. The van der Waals surface area contributed by atoms with Crippen LogP contribution in [0.2, 0.25) is 0 Å². The number of fused-ring (bicyclic) bond motifs is 3. The van der Waals surface area contributed by atoms with Crippen molar-refractivity contribution in [3.05, 3.63) is 267 Å². The van der Waals surface area contributed by atoms with E-state index >= 15 is 0 Å². The minimum absolute atomic E-state index is 0. The summed E-state index contributed by atoms with van der Waals surface area (Å²) in [4.78, 5) is 49.1. The number of nitrogens with zero attached hydrogens (tertiary/aromatic N) is 3. The van der Waals surface area contributed by atoms with Crippen LogP contribution in [0.1, 0.15) is 321 Å². The van der Waals surface area contributed by atoms with Gasteiger partial charge in [0.05, 0.1) is 17.3 Å². The van der Waals surface area contributed by atoms with E-state index in [1.807, 2.05) is 120 Å². The molecule has 0 atom stereocenters. The van der Waals surface area contributed by atoms with Crippen molar-refractivity contribution < 1.29 is 103 Å². The summed E-state index contributed by atoms with van der Waals surface area (Å²) in [6.45, 7) is 61.2. The van der Waals surface area contributed by atoms with Crippen LogP contribution in [0.5, 0.6) is 0 Å². The van der Waals surface area contributed by atoms with E-state index in [4.69, 9.17) is 18.2 Å². The first kappa shape index (κ1) is 116. The number of benzene rings is 6. The third-order valence-electron chi connectivity index (χ3n) is 25.0. The van der Waals surface area contributed by atoms with Gasteiger partial charge in [-0.2, -0.15) is 0 Å². The number of carbonyl (C=O) groups excluding carboxylic acids is 3. The van der Waals surface area contributed by atoms with Crippen LogP contribution in [0.25, 0.3) is 101 Å². The van der Waals surface area contributed by atoms with Gasteiger partial charge in [-0.3, -0.25) is 14.4 Å². The molecule has 0 bridgehead atoms. The van der Waals surface area contributed by atoms with E-state index in [1.54, 1.807) is 0 Å². The van der Waals surface area contributed by atoms with Crippen LogP contribution in [0.4, 0.5) is 0 Å². The average molecular weight is 2330 g/mol. The molecular formula is C118H152Ir3N3O9-3. The molecular weight excluding hydrogens is 2180 g/mol. The maximum absolute atomic E-state index is 11.7. The monoisotopic (exact) mass is 2330 g/mol. The van der Waals surface area contributed by atoms with Gasteiger partial charge in [0, 0.05) is 165 Å². The molecule has 6 heterocycles. The Kier molecular flexibility index (Phi) is 48.8. The average Bonchev–Trinajstić information content (AvgIpc) is 1.39. The van der Waals surface area contributed by atoms with Crippen molar-refractivity contribution in [2.45, 2.75) is 307 Å². The van der Waals surface area contributed by atoms with Gasteiger partial charge in [0.1, 0.15) is 34.0 Å². The maximum Gasteiger partial charge on any atom is 0.162 e. The number of furan rings is 3. The van der Waals surface area contributed by atoms with Gasteiger partial charge < -0.3 is 43.5 Å². The van der Waals surface area contributed by atoms with Gasteiger partial charge >= 0.3 is 0 Å². The molecule has 0 spiro atoms. The van der Waals surface area contributed by atoms with Crippen LogP contribution >= 0.6 is 0 Å². The van der Waals surface area contributed by atoms with E-state index in [0.717, 1.165) is 189 Å². The van der Waals surface area contributed by atoms with Gasteiger partial charge in [-0.25, -0.2) is 0 Å². The fraction of sp³-hybridized carbons (Fsp3) is 0.441. The molecule has 0 saturated carbocycles. The number of aliphatic hydroxyl groups is 3. The Hall–Kier alpha value is -9.03. The number of allylic oxidation sites excluding steroid dienone is 6. The number of hydrogen-bond donors (Lipinski definition) is 3. The fourth-order valence-electron chi connectivity index (χ4n) is 16.5. The second kappa shape index (κ2) is 55.9. The van der Waals surface area contributed by atoms with Crippen LogP contribution in [0, 0.1) is 95.2 Å². The molecule has 0 amide bonds. The first-order valence-corrected chi connectivity index (χ1v) is 48.2. The van der Waals surface area contributed by atoms with Gasteiger partial charge in [0.2, 0.25) is 0 Å². The van der Waals surface area contributed by atoms with Crippen LogP contribution in [0.3, 0.4) is 0 Å². The largest absolute Gasteiger partial charge is 0.512 e. The summed E-state index contributed by atoms with van der Waals surface area (Å²) in [5.41, 5.74) is 25.5. The second-order valence-electron chi connectivity index (χ2n) is 37.6. The Bertz CT molecular complexity index is 5530. The van der Waals surface area contributed by atoms with Crippen molar-refractivity contribution >= 4 is 50.3 Å².